The van der Waals surface area contributed by atoms with Crippen molar-refractivity contribution in [3.8, 4) is 5.69 Å². The van der Waals surface area contributed by atoms with Crippen LogP contribution < -0.4 is 11.3 Å². The lowest BCUT2D eigenvalue weighted by Crippen LogP contribution is -2.24. The van der Waals surface area contributed by atoms with E-state index in [1.165, 1.54) is 17.7 Å². The summed E-state index contributed by atoms with van der Waals surface area (Å²) in [6.45, 7) is 2.02. The summed E-state index contributed by atoms with van der Waals surface area (Å²) in [7, 11) is 0. The Balaban J connectivity index is 1.80. The molecule has 0 saturated carbocycles. The van der Waals surface area contributed by atoms with Crippen molar-refractivity contribution in [3.05, 3.63) is 76.5 Å². The average Bonchev–Trinajstić information content (AvgIpc) is 3.36. The van der Waals surface area contributed by atoms with E-state index in [9.17, 15) is 4.79 Å². The molecular formula is C20H16N6OS. The van der Waals surface area contributed by atoms with Gasteiger partial charge in [0.05, 0.1) is 12.4 Å². The fourth-order valence-electron chi connectivity index (χ4n) is 3.50. The Kier molecular flexibility index (Phi) is 3.73. The van der Waals surface area contributed by atoms with Crippen molar-refractivity contribution >= 4 is 38.4 Å². The molecule has 0 spiro atoms. The Morgan fingerprint density at radius 2 is 1.93 bits per heavy atom. The Labute approximate surface area is 163 Å². The molecule has 0 aliphatic heterocycles. The van der Waals surface area contributed by atoms with Crippen molar-refractivity contribution < 1.29 is 0 Å². The molecule has 5 aromatic rings. The highest BCUT2D eigenvalue weighted by molar-refractivity contribution is 7.17. The minimum atomic E-state index is -0.198. The zero-order chi connectivity index (χ0) is 19.3. The fourth-order valence-corrected chi connectivity index (χ4v) is 4.30. The number of benzene rings is 1. The number of nitrogens with two attached hydrogens (primary N) is 1. The molecule has 0 fully saturated rings. The van der Waals surface area contributed by atoms with Gasteiger partial charge in [0.1, 0.15) is 16.5 Å². The maximum atomic E-state index is 13.3. The number of nitrogen functional groups attached to an aromatic ring is 1. The van der Waals surface area contributed by atoms with Crippen LogP contribution in [0.25, 0.3) is 26.9 Å². The van der Waals surface area contributed by atoms with Gasteiger partial charge in [0.15, 0.2) is 11.5 Å². The normalized spacial score (nSPS) is 12.6. The molecule has 2 N–H and O–H groups in total. The quantitative estimate of drug-likeness (QED) is 0.511. The van der Waals surface area contributed by atoms with Gasteiger partial charge in [-0.2, -0.15) is 0 Å². The van der Waals surface area contributed by atoms with Crippen LogP contribution in [0.5, 0.6) is 0 Å². The summed E-state index contributed by atoms with van der Waals surface area (Å²) in [5.74, 6) is 0.338. The highest BCUT2D eigenvalue weighted by atomic mass is 32.1. The van der Waals surface area contributed by atoms with Gasteiger partial charge >= 0.3 is 0 Å². The minimum Gasteiger partial charge on any atom is -0.382 e. The molecular weight excluding hydrogens is 372 g/mol. The number of aromatic nitrogens is 5. The number of nitrogens with zero attached hydrogens (tertiary/aromatic N) is 5. The average molecular weight is 388 g/mol. The van der Waals surface area contributed by atoms with Crippen LogP contribution >= 0.6 is 11.3 Å². The van der Waals surface area contributed by atoms with Gasteiger partial charge in [-0.05, 0) is 42.0 Å². The third-order valence-electron chi connectivity index (χ3n) is 4.90. The van der Waals surface area contributed by atoms with Gasteiger partial charge in [0.2, 0.25) is 0 Å². The first kappa shape index (κ1) is 16.6. The first-order valence-electron chi connectivity index (χ1n) is 8.76. The summed E-state index contributed by atoms with van der Waals surface area (Å²) in [5, 5.41) is 2.87. The van der Waals surface area contributed by atoms with Crippen molar-refractivity contribution in [1.29, 1.82) is 0 Å². The number of imidazole rings is 1. The molecule has 0 aliphatic carbocycles. The van der Waals surface area contributed by atoms with Crippen LogP contribution in [0.15, 0.2) is 65.3 Å². The van der Waals surface area contributed by atoms with Crippen molar-refractivity contribution in [2.45, 2.75) is 13.0 Å². The fraction of sp³-hybridized carbons (Fsp3) is 0.100. The molecule has 0 radical (unpaired) electrons. The van der Waals surface area contributed by atoms with Crippen LogP contribution in [0.3, 0.4) is 0 Å². The predicted octanol–water partition coefficient (Wildman–Crippen LogP) is 3.38. The van der Waals surface area contributed by atoms with Gasteiger partial charge < -0.3 is 10.3 Å². The third-order valence-corrected chi connectivity index (χ3v) is 5.82. The van der Waals surface area contributed by atoms with E-state index in [-0.39, 0.29) is 11.6 Å². The molecule has 0 saturated heterocycles. The van der Waals surface area contributed by atoms with E-state index in [2.05, 4.69) is 21.0 Å². The van der Waals surface area contributed by atoms with Crippen LogP contribution in [0.1, 0.15) is 18.7 Å². The molecule has 8 heteroatoms. The lowest BCUT2D eigenvalue weighted by atomic mass is 10.1. The van der Waals surface area contributed by atoms with Gasteiger partial charge in [-0.15, -0.1) is 11.3 Å². The van der Waals surface area contributed by atoms with Crippen LogP contribution in [0.4, 0.5) is 5.82 Å². The number of fused-ring (bicyclic) bond motifs is 2. The lowest BCUT2D eigenvalue weighted by molar-refractivity contribution is 0.613. The summed E-state index contributed by atoms with van der Waals surface area (Å²) in [6.07, 6.45) is 3.12. The molecule has 4 aromatic heterocycles. The topological polar surface area (TPSA) is 91.6 Å². The molecule has 1 unspecified atom stereocenters. The Morgan fingerprint density at radius 3 is 2.75 bits per heavy atom. The maximum Gasteiger partial charge on any atom is 0.273 e. The van der Waals surface area contributed by atoms with Crippen LogP contribution in [-0.4, -0.2) is 24.1 Å². The number of thiophene rings is 1. The lowest BCUT2D eigenvalue weighted by Gasteiger charge is -2.20. The second-order valence-corrected chi connectivity index (χ2v) is 7.43. The molecule has 1 aromatic carbocycles. The number of rotatable bonds is 3. The summed E-state index contributed by atoms with van der Waals surface area (Å²) >= 11 is 1.46. The van der Waals surface area contributed by atoms with Crippen molar-refractivity contribution in [2.75, 3.05) is 5.73 Å². The van der Waals surface area contributed by atoms with E-state index in [0.717, 1.165) is 21.5 Å². The monoisotopic (exact) mass is 388 g/mol. The molecule has 5 rings (SSSR count). The van der Waals surface area contributed by atoms with Gasteiger partial charge in [0.25, 0.3) is 5.56 Å². The second-order valence-electron chi connectivity index (χ2n) is 6.51. The Hall–Kier alpha value is -3.52. The predicted molar refractivity (Wildman–Crippen MR) is 111 cm³/mol. The highest BCUT2D eigenvalue weighted by Crippen LogP contribution is 2.28. The molecule has 4 heterocycles. The van der Waals surface area contributed by atoms with E-state index in [1.54, 1.807) is 10.9 Å². The SMILES string of the molecule is CC(c1cc2ccsc2c(=O)n1-c1ccccc1)n1cnc2c(N)ncnc21. The first-order valence-corrected chi connectivity index (χ1v) is 9.64. The Bertz CT molecular complexity index is 1370. The number of anilines is 1. The summed E-state index contributed by atoms with van der Waals surface area (Å²) in [5.41, 5.74) is 8.76. The number of hydrogen-bond acceptors (Lipinski definition) is 6. The van der Waals surface area contributed by atoms with Gasteiger partial charge in [-0.3, -0.25) is 9.36 Å². The molecule has 0 amide bonds. The van der Waals surface area contributed by atoms with E-state index in [0.29, 0.717) is 17.0 Å². The van der Waals surface area contributed by atoms with Crippen LogP contribution in [0, 0.1) is 0 Å². The van der Waals surface area contributed by atoms with Gasteiger partial charge in [-0.25, -0.2) is 15.0 Å². The third kappa shape index (κ3) is 2.42. The van der Waals surface area contributed by atoms with Crippen molar-refractivity contribution in [2.24, 2.45) is 0 Å². The second kappa shape index (κ2) is 6.28. The van der Waals surface area contributed by atoms with Gasteiger partial charge in [0, 0.05) is 11.4 Å². The van der Waals surface area contributed by atoms with E-state index < -0.39 is 0 Å². The standard InChI is InChI=1S/C20H16N6OS/c1-12(25-11-24-16-18(21)22-10-23-19(16)25)15-9-13-7-8-28-17(13)20(27)26(15)14-5-3-2-4-6-14/h2-12H,1H3,(H2,21,22,23). The zero-order valence-electron chi connectivity index (χ0n) is 15.0. The zero-order valence-corrected chi connectivity index (χ0v) is 15.8. The van der Waals surface area contributed by atoms with Crippen molar-refractivity contribution in [3.63, 3.8) is 0 Å². The van der Waals surface area contributed by atoms with E-state index in [1.807, 2.05) is 53.3 Å². The summed E-state index contributed by atoms with van der Waals surface area (Å²) in [6, 6.07) is 13.5. The van der Waals surface area contributed by atoms with E-state index in [4.69, 9.17) is 5.73 Å². The molecule has 138 valence electrons. The van der Waals surface area contributed by atoms with Crippen LogP contribution in [0.2, 0.25) is 0 Å². The Morgan fingerprint density at radius 1 is 1.11 bits per heavy atom. The summed E-state index contributed by atoms with van der Waals surface area (Å²) < 4.78 is 4.42. The molecule has 28 heavy (non-hydrogen) atoms. The molecule has 7 nitrogen and oxygen atoms in total. The number of pyridine rings is 1. The highest BCUT2D eigenvalue weighted by Gasteiger charge is 2.20. The number of hydrogen-bond donors (Lipinski definition) is 1. The molecule has 1 atom stereocenters. The molecule has 0 bridgehead atoms. The number of para-hydroxylation sites is 1. The smallest absolute Gasteiger partial charge is 0.273 e. The van der Waals surface area contributed by atoms with E-state index >= 15 is 0 Å². The maximum absolute atomic E-state index is 13.3. The minimum absolute atomic E-state index is 0.0286. The first-order chi connectivity index (χ1) is 13.6. The van der Waals surface area contributed by atoms with Crippen LogP contribution in [-0.2, 0) is 0 Å². The van der Waals surface area contributed by atoms with Gasteiger partial charge in [-0.1, -0.05) is 18.2 Å². The molecule has 0 aliphatic rings. The summed E-state index contributed by atoms with van der Waals surface area (Å²) in [4.78, 5) is 26.0. The largest absolute Gasteiger partial charge is 0.382 e. The van der Waals surface area contributed by atoms with Crippen molar-refractivity contribution in [1.82, 2.24) is 24.1 Å².